The molecule has 1 fully saturated rings. The molecule has 162 valence electrons. The van der Waals surface area contributed by atoms with Crippen LogP contribution in [-0.2, 0) is 6.67 Å². The van der Waals surface area contributed by atoms with Crippen LogP contribution in [-0.4, -0.2) is 21.7 Å². The first-order valence-electron chi connectivity index (χ1n) is 11.7. The lowest BCUT2D eigenvalue weighted by Crippen LogP contribution is -2.13. The van der Waals surface area contributed by atoms with Gasteiger partial charge in [-0.3, -0.25) is 4.99 Å². The average Bonchev–Trinajstić information content (AvgIpc) is 2.93. The number of fused-ring (bicyclic) bond motifs is 1. The van der Waals surface area contributed by atoms with Crippen molar-refractivity contribution in [2.75, 3.05) is 0 Å². The van der Waals surface area contributed by atoms with Gasteiger partial charge < -0.3 is 0 Å². The molecule has 2 aromatic rings. The predicted octanol–water partition coefficient (Wildman–Crippen LogP) is 6.63. The minimum absolute atomic E-state index is 0.160. The van der Waals surface area contributed by atoms with Crippen LogP contribution in [0.3, 0.4) is 0 Å². The Bertz CT molecular complexity index is 1160. The van der Waals surface area contributed by atoms with Crippen LogP contribution in [0, 0.1) is 12.8 Å². The van der Waals surface area contributed by atoms with E-state index < -0.39 is 0 Å². The Labute approximate surface area is 190 Å². The maximum atomic E-state index is 5.12. The molecular weight excluding hydrogens is 392 g/mol. The highest BCUT2D eigenvalue weighted by Gasteiger charge is 2.21. The van der Waals surface area contributed by atoms with E-state index in [4.69, 9.17) is 9.98 Å². The molecule has 3 aliphatic rings. The molecule has 1 aromatic carbocycles. The Morgan fingerprint density at radius 1 is 1.06 bits per heavy atom. The molecule has 2 aliphatic carbocycles. The first-order valence-corrected chi connectivity index (χ1v) is 11.7. The lowest BCUT2D eigenvalue weighted by Gasteiger charge is -2.26. The molecule has 2 heterocycles. The summed E-state index contributed by atoms with van der Waals surface area (Å²) in [4.78, 5) is 9.82. The summed E-state index contributed by atoms with van der Waals surface area (Å²) in [7, 11) is 0. The monoisotopic (exact) mass is 422 g/mol. The van der Waals surface area contributed by atoms with Crippen LogP contribution < -0.4 is 0 Å². The van der Waals surface area contributed by atoms with Crippen molar-refractivity contribution in [3.63, 3.8) is 0 Å². The maximum Gasteiger partial charge on any atom is 0.152 e. The Morgan fingerprint density at radius 3 is 2.69 bits per heavy atom. The maximum absolute atomic E-state index is 5.12. The standard InChI is InChI=1S/C28H30N4/c1-20-16-26(24-8-5-3-4-6-9-24)28(25-14-12-23(13-15-25)22-10-7-11-22)30-19-32-27(29-18-20)17-21(2)31-32/h3,5-6,8-9,12-18,20,22H,4,7,10-11,19H2,1-2H3/b26-16-,29-18-,30-28-. The van der Waals surface area contributed by atoms with Gasteiger partial charge in [0.1, 0.15) is 6.67 Å². The summed E-state index contributed by atoms with van der Waals surface area (Å²) in [5.74, 6) is 1.74. The minimum atomic E-state index is 0.160. The number of hydrogen-bond acceptors (Lipinski definition) is 3. The summed E-state index contributed by atoms with van der Waals surface area (Å²) >= 11 is 0. The van der Waals surface area contributed by atoms with Crippen molar-refractivity contribution in [1.29, 1.82) is 0 Å². The fourth-order valence-electron chi connectivity index (χ4n) is 4.43. The number of aromatic nitrogens is 2. The van der Waals surface area contributed by atoms with E-state index in [9.17, 15) is 0 Å². The number of allylic oxidation sites excluding steroid dienone is 8. The van der Waals surface area contributed by atoms with Crippen molar-refractivity contribution in [3.05, 3.63) is 94.8 Å². The van der Waals surface area contributed by atoms with Gasteiger partial charge in [-0.15, -0.1) is 0 Å². The molecule has 1 aromatic heterocycles. The summed E-state index contributed by atoms with van der Waals surface area (Å²) in [5, 5.41) is 4.62. The van der Waals surface area contributed by atoms with Gasteiger partial charge in [-0.2, -0.15) is 5.10 Å². The van der Waals surface area contributed by atoms with Crippen molar-refractivity contribution in [3.8, 4) is 0 Å². The van der Waals surface area contributed by atoms with Crippen LogP contribution in [0.1, 0.15) is 55.3 Å². The molecule has 1 atom stereocenters. The van der Waals surface area contributed by atoms with Crippen LogP contribution in [0.4, 0.5) is 5.82 Å². The van der Waals surface area contributed by atoms with Gasteiger partial charge in [0, 0.05) is 29.3 Å². The number of benzene rings is 1. The zero-order valence-corrected chi connectivity index (χ0v) is 18.9. The molecule has 4 nitrogen and oxygen atoms in total. The van der Waals surface area contributed by atoms with E-state index in [1.165, 1.54) is 30.4 Å². The highest BCUT2D eigenvalue weighted by Crippen LogP contribution is 2.36. The fourth-order valence-corrected chi connectivity index (χ4v) is 4.43. The number of rotatable bonds is 3. The Morgan fingerprint density at radius 2 is 1.91 bits per heavy atom. The van der Waals surface area contributed by atoms with E-state index in [1.54, 1.807) is 0 Å². The number of aliphatic imine (C=N–C) groups is 2. The van der Waals surface area contributed by atoms with Gasteiger partial charge in [-0.05, 0) is 43.2 Å². The number of nitrogens with zero attached hydrogens (tertiary/aromatic N) is 4. The third-order valence-corrected chi connectivity index (χ3v) is 6.42. The Balaban J connectivity index is 1.61. The van der Waals surface area contributed by atoms with Gasteiger partial charge >= 0.3 is 0 Å². The molecule has 1 unspecified atom stereocenters. The van der Waals surface area contributed by atoms with Crippen molar-refractivity contribution >= 4 is 17.7 Å². The summed E-state index contributed by atoms with van der Waals surface area (Å²) < 4.78 is 1.89. The van der Waals surface area contributed by atoms with Crippen LogP contribution in [0.2, 0.25) is 0 Å². The summed E-state index contributed by atoms with van der Waals surface area (Å²) in [6.45, 7) is 4.62. The van der Waals surface area contributed by atoms with Crippen LogP contribution >= 0.6 is 0 Å². The SMILES string of the molecule is Cc1cc2n(n1)C/N=C(c1ccc(C3CCC3)cc1)\C(C1=CC=CCC=C1)=C/C(C)/C=N\2. The fraction of sp³-hybridized carbons (Fsp3) is 0.321. The molecule has 0 bridgehead atoms. The predicted molar refractivity (Wildman–Crippen MR) is 133 cm³/mol. The topological polar surface area (TPSA) is 42.5 Å². The number of aryl methyl sites for hydroxylation is 1. The van der Waals surface area contributed by atoms with E-state index in [-0.39, 0.29) is 5.92 Å². The lowest BCUT2D eigenvalue weighted by atomic mass is 9.79. The zero-order valence-electron chi connectivity index (χ0n) is 18.9. The van der Waals surface area contributed by atoms with Gasteiger partial charge in [0.05, 0.1) is 11.4 Å². The van der Waals surface area contributed by atoms with Gasteiger partial charge in [0.25, 0.3) is 0 Å². The van der Waals surface area contributed by atoms with Crippen LogP contribution in [0.25, 0.3) is 0 Å². The van der Waals surface area contributed by atoms with E-state index in [2.05, 4.69) is 72.7 Å². The van der Waals surface area contributed by atoms with Crippen LogP contribution in [0.15, 0.2) is 87.9 Å². The van der Waals surface area contributed by atoms with Gasteiger partial charge in [0.15, 0.2) is 5.82 Å². The highest BCUT2D eigenvalue weighted by molar-refractivity contribution is 6.16. The Kier molecular flexibility index (Phi) is 5.85. The normalized spacial score (nSPS) is 25.4. The molecule has 1 saturated carbocycles. The molecule has 4 heteroatoms. The number of hydrogen-bond donors (Lipinski definition) is 0. The zero-order chi connectivity index (χ0) is 21.9. The van der Waals surface area contributed by atoms with Gasteiger partial charge in [-0.1, -0.05) is 74.1 Å². The van der Waals surface area contributed by atoms with Crippen molar-refractivity contribution in [1.82, 2.24) is 9.78 Å². The third kappa shape index (κ3) is 4.36. The molecule has 5 rings (SSSR count). The molecular formula is C28H30N4. The molecule has 0 amide bonds. The summed E-state index contributed by atoms with van der Waals surface area (Å²) in [6, 6.07) is 11.1. The lowest BCUT2D eigenvalue weighted by molar-refractivity contribution is 0.420. The second-order valence-electron chi connectivity index (χ2n) is 8.95. The Hall–Kier alpha value is -3.27. The first kappa shape index (κ1) is 20.6. The first-order chi connectivity index (χ1) is 15.7. The smallest absolute Gasteiger partial charge is 0.152 e. The molecule has 0 spiro atoms. The van der Waals surface area contributed by atoms with E-state index in [1.807, 2.05) is 23.9 Å². The molecule has 0 radical (unpaired) electrons. The highest BCUT2D eigenvalue weighted by atomic mass is 15.3. The van der Waals surface area contributed by atoms with Crippen molar-refractivity contribution in [2.24, 2.45) is 15.9 Å². The second kappa shape index (κ2) is 9.07. The van der Waals surface area contributed by atoms with Crippen molar-refractivity contribution < 1.29 is 0 Å². The summed E-state index contributed by atoms with van der Waals surface area (Å²) in [6.07, 6.45) is 20.1. The van der Waals surface area contributed by atoms with E-state index in [0.717, 1.165) is 40.7 Å². The van der Waals surface area contributed by atoms with E-state index >= 15 is 0 Å². The van der Waals surface area contributed by atoms with Gasteiger partial charge in [-0.25, -0.2) is 9.67 Å². The average molecular weight is 423 g/mol. The molecule has 1 aliphatic heterocycles. The van der Waals surface area contributed by atoms with Crippen LogP contribution in [0.5, 0.6) is 0 Å². The second-order valence-corrected chi connectivity index (χ2v) is 8.95. The quantitative estimate of drug-likeness (QED) is 0.547. The largest absolute Gasteiger partial charge is 0.261 e. The van der Waals surface area contributed by atoms with E-state index in [0.29, 0.717) is 6.67 Å². The minimum Gasteiger partial charge on any atom is -0.261 e. The van der Waals surface area contributed by atoms with Gasteiger partial charge in [0.2, 0.25) is 0 Å². The molecule has 0 N–H and O–H groups in total. The molecule has 32 heavy (non-hydrogen) atoms. The molecule has 0 saturated heterocycles. The van der Waals surface area contributed by atoms with Crippen molar-refractivity contribution in [2.45, 2.75) is 52.1 Å². The third-order valence-electron chi connectivity index (χ3n) is 6.42. The summed E-state index contributed by atoms with van der Waals surface area (Å²) in [5.41, 5.74) is 6.90.